The Morgan fingerprint density at radius 3 is 2.82 bits per heavy atom. The quantitative estimate of drug-likeness (QED) is 0.816. The summed E-state index contributed by atoms with van der Waals surface area (Å²) in [6.45, 7) is 1.64. The van der Waals surface area contributed by atoms with E-state index in [4.69, 9.17) is 14.6 Å². The maximum absolute atomic E-state index is 11.3. The van der Waals surface area contributed by atoms with Crippen LogP contribution in [-0.4, -0.2) is 31.5 Å². The van der Waals surface area contributed by atoms with E-state index < -0.39 is 6.09 Å². The van der Waals surface area contributed by atoms with Crippen molar-refractivity contribution in [3.05, 3.63) is 29.8 Å². The number of carbonyl (C=O) groups excluding carboxylic acids is 1. The molecule has 1 aromatic carbocycles. The van der Waals surface area contributed by atoms with Gasteiger partial charge in [-0.15, -0.1) is 0 Å². The minimum Gasteiger partial charge on any atom is -0.496 e. The minimum absolute atomic E-state index is 0.00945. The first-order chi connectivity index (χ1) is 8.19. The van der Waals surface area contributed by atoms with E-state index in [-0.39, 0.29) is 19.3 Å². The van der Waals surface area contributed by atoms with Crippen molar-refractivity contribution < 1.29 is 19.4 Å². The summed E-state index contributed by atoms with van der Waals surface area (Å²) in [5, 5.41) is 11.2. The van der Waals surface area contributed by atoms with Crippen molar-refractivity contribution >= 4 is 6.09 Å². The number of carbonyl (C=O) groups is 1. The van der Waals surface area contributed by atoms with Gasteiger partial charge in [0.2, 0.25) is 0 Å². The zero-order valence-electron chi connectivity index (χ0n) is 9.97. The summed E-state index contributed by atoms with van der Waals surface area (Å²) < 4.78 is 9.91. The molecule has 17 heavy (non-hydrogen) atoms. The van der Waals surface area contributed by atoms with Gasteiger partial charge >= 0.3 is 6.09 Å². The SMILES string of the molecule is COc1ccccc1[C@H](C)NC(=O)OCCO. The number of rotatable bonds is 5. The fraction of sp³-hybridized carbons (Fsp3) is 0.417. The molecule has 0 heterocycles. The first-order valence-electron chi connectivity index (χ1n) is 5.36. The highest BCUT2D eigenvalue weighted by atomic mass is 16.6. The van der Waals surface area contributed by atoms with Gasteiger partial charge in [-0.1, -0.05) is 18.2 Å². The van der Waals surface area contributed by atoms with Gasteiger partial charge in [-0.25, -0.2) is 4.79 Å². The number of amides is 1. The van der Waals surface area contributed by atoms with Crippen molar-refractivity contribution in [1.82, 2.24) is 5.32 Å². The van der Waals surface area contributed by atoms with Crippen LogP contribution in [0.25, 0.3) is 0 Å². The van der Waals surface area contributed by atoms with E-state index in [2.05, 4.69) is 5.32 Å². The average molecular weight is 239 g/mol. The van der Waals surface area contributed by atoms with Crippen LogP contribution >= 0.6 is 0 Å². The third kappa shape index (κ3) is 3.96. The van der Waals surface area contributed by atoms with Crippen LogP contribution in [0.3, 0.4) is 0 Å². The van der Waals surface area contributed by atoms with Crippen molar-refractivity contribution in [3.8, 4) is 5.75 Å². The summed E-state index contributed by atoms with van der Waals surface area (Å²) in [6, 6.07) is 7.20. The molecule has 0 aliphatic heterocycles. The molecule has 5 nitrogen and oxygen atoms in total. The van der Waals surface area contributed by atoms with E-state index in [9.17, 15) is 4.79 Å². The maximum atomic E-state index is 11.3. The second-order valence-electron chi connectivity index (χ2n) is 3.47. The first-order valence-corrected chi connectivity index (χ1v) is 5.36. The fourth-order valence-electron chi connectivity index (χ4n) is 1.46. The van der Waals surface area contributed by atoms with Crippen molar-refractivity contribution in [2.45, 2.75) is 13.0 Å². The number of nitrogens with one attached hydrogen (secondary N) is 1. The maximum Gasteiger partial charge on any atom is 0.407 e. The van der Waals surface area contributed by atoms with Gasteiger partial charge < -0.3 is 19.9 Å². The second-order valence-corrected chi connectivity index (χ2v) is 3.47. The van der Waals surface area contributed by atoms with E-state index in [0.29, 0.717) is 5.75 Å². The van der Waals surface area contributed by atoms with Gasteiger partial charge in [0, 0.05) is 5.56 Å². The van der Waals surface area contributed by atoms with Crippen LogP contribution in [0.2, 0.25) is 0 Å². The number of aliphatic hydroxyl groups excluding tert-OH is 1. The molecule has 0 spiro atoms. The van der Waals surface area contributed by atoms with Gasteiger partial charge in [0.25, 0.3) is 0 Å². The van der Waals surface area contributed by atoms with Crippen LogP contribution in [-0.2, 0) is 4.74 Å². The van der Waals surface area contributed by atoms with E-state index in [1.807, 2.05) is 31.2 Å². The van der Waals surface area contributed by atoms with E-state index >= 15 is 0 Å². The van der Waals surface area contributed by atoms with Crippen LogP contribution in [0.15, 0.2) is 24.3 Å². The number of para-hydroxylation sites is 1. The van der Waals surface area contributed by atoms with Gasteiger partial charge in [-0.2, -0.15) is 0 Å². The topological polar surface area (TPSA) is 67.8 Å². The Morgan fingerprint density at radius 1 is 1.47 bits per heavy atom. The lowest BCUT2D eigenvalue weighted by Gasteiger charge is -2.16. The number of ether oxygens (including phenoxy) is 2. The molecule has 0 saturated heterocycles. The zero-order chi connectivity index (χ0) is 12.7. The normalized spacial score (nSPS) is 11.7. The summed E-state index contributed by atoms with van der Waals surface area (Å²) in [7, 11) is 1.58. The first kappa shape index (κ1) is 13.3. The molecule has 0 unspecified atom stereocenters. The highest BCUT2D eigenvalue weighted by molar-refractivity contribution is 5.68. The monoisotopic (exact) mass is 239 g/mol. The highest BCUT2D eigenvalue weighted by Crippen LogP contribution is 2.24. The largest absolute Gasteiger partial charge is 0.496 e. The van der Waals surface area contributed by atoms with Crippen LogP contribution in [0.5, 0.6) is 5.75 Å². The van der Waals surface area contributed by atoms with Crippen LogP contribution < -0.4 is 10.1 Å². The number of alkyl carbamates (subject to hydrolysis) is 1. The molecule has 1 aromatic rings. The molecule has 1 atom stereocenters. The Kier molecular flexibility index (Phi) is 5.29. The van der Waals surface area contributed by atoms with Gasteiger partial charge in [0.15, 0.2) is 0 Å². The summed E-state index contributed by atoms with van der Waals surface area (Å²) in [4.78, 5) is 11.3. The second kappa shape index (κ2) is 6.75. The smallest absolute Gasteiger partial charge is 0.407 e. The van der Waals surface area contributed by atoms with Gasteiger partial charge in [0.05, 0.1) is 19.8 Å². The van der Waals surface area contributed by atoms with Gasteiger partial charge in [-0.05, 0) is 13.0 Å². The zero-order valence-corrected chi connectivity index (χ0v) is 9.97. The number of methoxy groups -OCH3 is 1. The molecule has 94 valence electrons. The van der Waals surface area contributed by atoms with E-state index in [1.54, 1.807) is 7.11 Å². The Hall–Kier alpha value is -1.75. The Labute approximate surface area is 100 Å². The molecule has 0 radical (unpaired) electrons. The molecule has 0 bridgehead atoms. The van der Waals surface area contributed by atoms with Crippen molar-refractivity contribution in [1.29, 1.82) is 0 Å². The minimum atomic E-state index is -0.558. The average Bonchev–Trinajstić information content (AvgIpc) is 2.36. The molecular weight excluding hydrogens is 222 g/mol. The van der Waals surface area contributed by atoms with Crippen LogP contribution in [0.1, 0.15) is 18.5 Å². The van der Waals surface area contributed by atoms with Gasteiger partial charge in [0.1, 0.15) is 12.4 Å². The molecule has 1 amide bonds. The highest BCUT2D eigenvalue weighted by Gasteiger charge is 2.13. The third-order valence-electron chi connectivity index (χ3n) is 2.26. The molecule has 2 N–H and O–H groups in total. The molecule has 1 rings (SSSR count). The van der Waals surface area contributed by atoms with E-state index in [0.717, 1.165) is 5.56 Å². The lowest BCUT2D eigenvalue weighted by molar-refractivity contribution is 0.116. The van der Waals surface area contributed by atoms with E-state index in [1.165, 1.54) is 0 Å². The molecule has 0 saturated carbocycles. The number of hydrogen-bond acceptors (Lipinski definition) is 4. The van der Waals surface area contributed by atoms with Crippen LogP contribution in [0, 0.1) is 0 Å². The Morgan fingerprint density at radius 2 is 2.18 bits per heavy atom. The summed E-state index contributed by atoms with van der Waals surface area (Å²) in [6.07, 6.45) is -0.558. The van der Waals surface area contributed by atoms with Crippen LogP contribution in [0.4, 0.5) is 4.79 Å². The lowest BCUT2D eigenvalue weighted by atomic mass is 10.1. The van der Waals surface area contributed by atoms with Crippen molar-refractivity contribution in [2.75, 3.05) is 20.3 Å². The summed E-state index contributed by atoms with van der Waals surface area (Å²) in [5.41, 5.74) is 0.871. The van der Waals surface area contributed by atoms with Crippen molar-refractivity contribution in [2.24, 2.45) is 0 Å². The number of aliphatic hydroxyl groups is 1. The molecule has 0 fully saturated rings. The van der Waals surface area contributed by atoms with Gasteiger partial charge in [-0.3, -0.25) is 0 Å². The number of hydrogen-bond donors (Lipinski definition) is 2. The van der Waals surface area contributed by atoms with Crippen molar-refractivity contribution in [3.63, 3.8) is 0 Å². The predicted molar refractivity (Wildman–Crippen MR) is 63.0 cm³/mol. The third-order valence-corrected chi connectivity index (χ3v) is 2.26. The summed E-state index contributed by atoms with van der Waals surface area (Å²) >= 11 is 0. The lowest BCUT2D eigenvalue weighted by Crippen LogP contribution is -2.28. The summed E-state index contributed by atoms with van der Waals surface area (Å²) in [5.74, 6) is 0.711. The molecular formula is C12H17NO4. The Balaban J connectivity index is 2.62. The molecule has 0 aliphatic carbocycles. The Bertz CT molecular complexity index is 367. The standard InChI is InChI=1S/C12H17NO4/c1-9(13-12(15)17-8-7-14)10-5-3-4-6-11(10)16-2/h3-6,9,14H,7-8H2,1-2H3,(H,13,15)/t9-/m0/s1. The molecule has 0 aliphatic rings. The number of benzene rings is 1. The fourth-order valence-corrected chi connectivity index (χ4v) is 1.46. The molecule has 0 aromatic heterocycles. The molecule has 5 heteroatoms. The predicted octanol–water partition coefficient (Wildman–Crippen LogP) is 1.47.